The van der Waals surface area contributed by atoms with Gasteiger partial charge in [-0.05, 0) is 50.1 Å². The van der Waals surface area contributed by atoms with E-state index >= 15 is 0 Å². The summed E-state index contributed by atoms with van der Waals surface area (Å²) < 4.78 is 28.9. The molecule has 1 fully saturated rings. The van der Waals surface area contributed by atoms with Crippen molar-refractivity contribution in [3.63, 3.8) is 0 Å². The number of hydrogen-bond donors (Lipinski definition) is 2. The molecule has 1 heterocycles. The standard InChI is InChI=1S/C19H20ClN3O2S/c1-2-23-17-10-5-13(20)11-16(17)18(21)19(23)12-3-6-14(7-4-12)22-26(24,25)15-8-9-15/h3-7,10-11,15,22H,2,8-9,21H2,1H3. The number of halogens is 1. The molecule has 136 valence electrons. The van der Waals surface area contributed by atoms with Crippen LogP contribution in [-0.4, -0.2) is 18.2 Å². The number of rotatable bonds is 5. The predicted octanol–water partition coefficient (Wildman–Crippen LogP) is 4.47. The van der Waals surface area contributed by atoms with Crippen LogP contribution in [0.15, 0.2) is 42.5 Å². The van der Waals surface area contributed by atoms with Gasteiger partial charge in [-0.15, -0.1) is 0 Å². The van der Waals surface area contributed by atoms with Gasteiger partial charge < -0.3 is 10.3 Å². The summed E-state index contributed by atoms with van der Waals surface area (Å²) in [5, 5.41) is 1.33. The van der Waals surface area contributed by atoms with Crippen LogP contribution >= 0.6 is 11.6 Å². The van der Waals surface area contributed by atoms with Crippen molar-refractivity contribution >= 4 is 43.9 Å². The van der Waals surface area contributed by atoms with Crippen molar-refractivity contribution in [2.45, 2.75) is 31.6 Å². The van der Waals surface area contributed by atoms with Crippen LogP contribution in [0, 0.1) is 0 Å². The molecule has 5 nitrogen and oxygen atoms in total. The molecule has 1 aliphatic carbocycles. The highest BCUT2D eigenvalue weighted by atomic mass is 35.5. The van der Waals surface area contributed by atoms with Crippen LogP contribution in [0.25, 0.3) is 22.2 Å². The molecule has 7 heteroatoms. The maximum atomic E-state index is 12.1. The molecule has 0 amide bonds. The van der Waals surface area contributed by atoms with Crippen LogP contribution in [-0.2, 0) is 16.6 Å². The summed E-state index contributed by atoms with van der Waals surface area (Å²) in [7, 11) is -3.26. The maximum Gasteiger partial charge on any atom is 0.235 e. The van der Waals surface area contributed by atoms with E-state index in [-0.39, 0.29) is 5.25 Å². The Labute approximate surface area is 157 Å². The van der Waals surface area contributed by atoms with E-state index in [1.807, 2.05) is 30.3 Å². The predicted molar refractivity (Wildman–Crippen MR) is 108 cm³/mol. The zero-order valence-corrected chi connectivity index (χ0v) is 15.9. The molecule has 0 radical (unpaired) electrons. The third-order valence-electron chi connectivity index (χ3n) is 4.76. The number of nitrogens with zero attached hydrogens (tertiary/aromatic N) is 1. The fraction of sp³-hybridized carbons (Fsp3) is 0.263. The van der Waals surface area contributed by atoms with Gasteiger partial charge in [0.25, 0.3) is 0 Å². The topological polar surface area (TPSA) is 77.1 Å². The van der Waals surface area contributed by atoms with Gasteiger partial charge in [0.2, 0.25) is 10.0 Å². The average molecular weight is 390 g/mol. The van der Waals surface area contributed by atoms with Crippen LogP contribution in [0.3, 0.4) is 0 Å². The van der Waals surface area contributed by atoms with E-state index in [9.17, 15) is 8.42 Å². The largest absolute Gasteiger partial charge is 0.396 e. The van der Waals surface area contributed by atoms with Gasteiger partial charge in [0.1, 0.15) is 0 Å². The number of hydrogen-bond acceptors (Lipinski definition) is 3. The highest BCUT2D eigenvalue weighted by Gasteiger charge is 2.35. The van der Waals surface area contributed by atoms with E-state index in [0.717, 1.165) is 41.5 Å². The number of benzene rings is 2. The van der Waals surface area contributed by atoms with Crippen molar-refractivity contribution in [1.82, 2.24) is 4.57 Å². The molecule has 1 aliphatic rings. The minimum atomic E-state index is -3.26. The first kappa shape index (κ1) is 17.2. The molecular formula is C19H20ClN3O2S. The molecule has 0 spiro atoms. The molecule has 0 atom stereocenters. The lowest BCUT2D eigenvalue weighted by atomic mass is 10.1. The quantitative estimate of drug-likeness (QED) is 0.675. The molecule has 3 N–H and O–H groups in total. The van der Waals surface area contributed by atoms with Gasteiger partial charge in [-0.25, -0.2) is 8.42 Å². The summed E-state index contributed by atoms with van der Waals surface area (Å²) in [6.07, 6.45) is 1.48. The summed E-state index contributed by atoms with van der Waals surface area (Å²) in [5.41, 5.74) is 10.5. The monoisotopic (exact) mass is 389 g/mol. The molecule has 0 unspecified atom stereocenters. The first-order valence-electron chi connectivity index (χ1n) is 8.60. The molecule has 3 aromatic rings. The lowest BCUT2D eigenvalue weighted by molar-refractivity contribution is 0.600. The molecule has 0 bridgehead atoms. The van der Waals surface area contributed by atoms with Gasteiger partial charge in [-0.2, -0.15) is 0 Å². The summed E-state index contributed by atoms with van der Waals surface area (Å²) in [5.74, 6) is 0. The summed E-state index contributed by atoms with van der Waals surface area (Å²) in [6, 6.07) is 13.0. The molecule has 0 saturated heterocycles. The van der Waals surface area contributed by atoms with Gasteiger partial charge in [0.15, 0.2) is 0 Å². The Morgan fingerprint density at radius 3 is 2.50 bits per heavy atom. The van der Waals surface area contributed by atoms with E-state index in [1.165, 1.54) is 0 Å². The second kappa shape index (κ2) is 6.21. The zero-order valence-electron chi connectivity index (χ0n) is 14.4. The van der Waals surface area contributed by atoms with Crippen molar-refractivity contribution in [2.75, 3.05) is 10.5 Å². The fourth-order valence-electron chi connectivity index (χ4n) is 3.31. The van der Waals surface area contributed by atoms with Gasteiger partial charge in [0, 0.05) is 28.2 Å². The van der Waals surface area contributed by atoms with E-state index in [2.05, 4.69) is 16.2 Å². The van der Waals surface area contributed by atoms with Crippen LogP contribution in [0.1, 0.15) is 19.8 Å². The van der Waals surface area contributed by atoms with Gasteiger partial charge in [0.05, 0.1) is 22.1 Å². The number of nitrogens with one attached hydrogen (secondary N) is 1. The lowest BCUT2D eigenvalue weighted by Crippen LogP contribution is -2.17. The number of nitrogen functional groups attached to an aromatic ring is 1. The second-order valence-corrected chi connectivity index (χ2v) is 8.99. The molecule has 1 saturated carbocycles. The Morgan fingerprint density at radius 2 is 1.88 bits per heavy atom. The minimum absolute atomic E-state index is 0.245. The Kier molecular flexibility index (Phi) is 4.12. The van der Waals surface area contributed by atoms with E-state index in [0.29, 0.717) is 16.4 Å². The molecule has 4 rings (SSSR count). The van der Waals surface area contributed by atoms with Crippen molar-refractivity contribution in [1.29, 1.82) is 0 Å². The third kappa shape index (κ3) is 2.93. The van der Waals surface area contributed by atoms with E-state index in [1.54, 1.807) is 12.1 Å². The normalized spacial score (nSPS) is 14.7. The van der Waals surface area contributed by atoms with Crippen LogP contribution in [0.5, 0.6) is 0 Å². The number of sulfonamides is 1. The highest BCUT2D eigenvalue weighted by molar-refractivity contribution is 7.93. The smallest absolute Gasteiger partial charge is 0.235 e. The maximum absolute atomic E-state index is 12.1. The number of aromatic nitrogens is 1. The van der Waals surface area contributed by atoms with Crippen molar-refractivity contribution in [2.24, 2.45) is 0 Å². The highest BCUT2D eigenvalue weighted by Crippen LogP contribution is 2.38. The van der Waals surface area contributed by atoms with Crippen molar-refractivity contribution in [3.05, 3.63) is 47.5 Å². The number of aryl methyl sites for hydroxylation is 1. The Morgan fingerprint density at radius 1 is 1.19 bits per heavy atom. The molecule has 26 heavy (non-hydrogen) atoms. The number of anilines is 2. The Bertz CT molecular complexity index is 1080. The first-order valence-corrected chi connectivity index (χ1v) is 10.5. The van der Waals surface area contributed by atoms with Crippen LogP contribution in [0.4, 0.5) is 11.4 Å². The van der Waals surface area contributed by atoms with Crippen LogP contribution < -0.4 is 10.5 Å². The van der Waals surface area contributed by atoms with Gasteiger partial charge in [-0.3, -0.25) is 4.72 Å². The zero-order chi connectivity index (χ0) is 18.5. The van der Waals surface area contributed by atoms with Crippen molar-refractivity contribution in [3.8, 4) is 11.3 Å². The molecular weight excluding hydrogens is 370 g/mol. The molecule has 2 aromatic carbocycles. The number of fused-ring (bicyclic) bond motifs is 1. The fourth-order valence-corrected chi connectivity index (χ4v) is 4.87. The van der Waals surface area contributed by atoms with Crippen molar-refractivity contribution < 1.29 is 8.42 Å². The Hall–Kier alpha value is -2.18. The van der Waals surface area contributed by atoms with E-state index < -0.39 is 10.0 Å². The third-order valence-corrected chi connectivity index (χ3v) is 6.87. The average Bonchev–Trinajstić information content (AvgIpc) is 3.43. The Balaban J connectivity index is 1.74. The lowest BCUT2D eigenvalue weighted by Gasteiger charge is -2.11. The second-order valence-electron chi connectivity index (χ2n) is 6.59. The summed E-state index contributed by atoms with van der Waals surface area (Å²) >= 11 is 6.12. The van der Waals surface area contributed by atoms with Gasteiger partial charge >= 0.3 is 0 Å². The summed E-state index contributed by atoms with van der Waals surface area (Å²) in [6.45, 7) is 2.83. The van der Waals surface area contributed by atoms with Crippen LogP contribution in [0.2, 0.25) is 5.02 Å². The molecule has 1 aromatic heterocycles. The number of nitrogens with two attached hydrogens (primary N) is 1. The van der Waals surface area contributed by atoms with E-state index in [4.69, 9.17) is 17.3 Å². The van der Waals surface area contributed by atoms with Gasteiger partial charge in [-0.1, -0.05) is 23.7 Å². The summed E-state index contributed by atoms with van der Waals surface area (Å²) in [4.78, 5) is 0. The molecule has 0 aliphatic heterocycles. The minimum Gasteiger partial charge on any atom is -0.396 e. The first-order chi connectivity index (χ1) is 12.4. The SMILES string of the molecule is CCn1c(-c2ccc(NS(=O)(=O)C3CC3)cc2)c(N)c2cc(Cl)ccc21.